The summed E-state index contributed by atoms with van der Waals surface area (Å²) in [6, 6.07) is 19.4. The number of hydrogen-bond acceptors (Lipinski definition) is 4. The van der Waals surface area contributed by atoms with E-state index in [1.54, 1.807) is 36.4 Å². The summed E-state index contributed by atoms with van der Waals surface area (Å²) in [6.07, 6.45) is 2.37. The zero-order valence-electron chi connectivity index (χ0n) is 16.8. The molecule has 3 N–H and O–H groups in total. The number of carbonyl (C=O) groups excluding carboxylic acids is 3. The average Bonchev–Trinajstić information content (AvgIpc) is 3.42. The highest BCUT2D eigenvalue weighted by molar-refractivity contribution is 7.12. The van der Waals surface area contributed by atoms with E-state index in [2.05, 4.69) is 16.0 Å². The van der Waals surface area contributed by atoms with Crippen LogP contribution < -0.4 is 16.0 Å². The maximum absolute atomic E-state index is 13.1. The topological polar surface area (TPSA) is 87.3 Å². The molecule has 1 heterocycles. The monoisotopic (exact) mass is 433 g/mol. The van der Waals surface area contributed by atoms with Crippen LogP contribution in [0.3, 0.4) is 0 Å². The van der Waals surface area contributed by atoms with Crippen LogP contribution in [0.4, 0.5) is 5.69 Å². The van der Waals surface area contributed by atoms with Crippen molar-refractivity contribution in [2.75, 3.05) is 5.32 Å². The van der Waals surface area contributed by atoms with Gasteiger partial charge in [0.25, 0.3) is 11.8 Å². The van der Waals surface area contributed by atoms with E-state index in [4.69, 9.17) is 0 Å². The molecule has 0 spiro atoms. The number of carbonyl (C=O) groups is 3. The van der Waals surface area contributed by atoms with Crippen LogP contribution in [0.15, 0.2) is 72.1 Å². The van der Waals surface area contributed by atoms with Crippen LogP contribution in [-0.2, 0) is 11.2 Å². The molecule has 1 aromatic heterocycles. The van der Waals surface area contributed by atoms with E-state index in [9.17, 15) is 14.4 Å². The normalized spacial score (nSPS) is 13.8. The largest absolute Gasteiger partial charge is 0.349 e. The van der Waals surface area contributed by atoms with E-state index in [1.165, 1.54) is 11.3 Å². The fourth-order valence-electron chi connectivity index (χ4n) is 3.16. The maximum atomic E-state index is 13.1. The first-order valence-corrected chi connectivity index (χ1v) is 11.1. The van der Waals surface area contributed by atoms with Crippen molar-refractivity contribution < 1.29 is 14.4 Å². The second kappa shape index (κ2) is 9.57. The Morgan fingerprint density at radius 1 is 0.935 bits per heavy atom. The van der Waals surface area contributed by atoms with Crippen molar-refractivity contribution in [2.24, 2.45) is 0 Å². The summed E-state index contributed by atoms with van der Waals surface area (Å²) in [6.45, 7) is 0. The number of thiophene rings is 1. The van der Waals surface area contributed by atoms with Crippen LogP contribution in [0.1, 0.15) is 38.4 Å². The van der Waals surface area contributed by atoms with E-state index in [0.717, 1.165) is 18.4 Å². The van der Waals surface area contributed by atoms with Crippen molar-refractivity contribution in [3.63, 3.8) is 0 Å². The number of rotatable bonds is 8. The van der Waals surface area contributed by atoms with Crippen molar-refractivity contribution in [3.8, 4) is 0 Å². The maximum Gasteiger partial charge on any atom is 0.262 e. The number of benzene rings is 2. The van der Waals surface area contributed by atoms with Crippen molar-refractivity contribution in [2.45, 2.75) is 31.3 Å². The van der Waals surface area contributed by atoms with Crippen LogP contribution in [0.5, 0.6) is 0 Å². The van der Waals surface area contributed by atoms with Gasteiger partial charge in [-0.2, -0.15) is 0 Å². The lowest BCUT2D eigenvalue weighted by Crippen LogP contribution is -2.45. The number of nitrogens with one attached hydrogen (secondary N) is 3. The van der Waals surface area contributed by atoms with Crippen molar-refractivity contribution in [1.82, 2.24) is 10.6 Å². The Bertz CT molecular complexity index is 1060. The molecule has 0 aliphatic heterocycles. The summed E-state index contributed by atoms with van der Waals surface area (Å²) in [5.41, 5.74) is 1.94. The van der Waals surface area contributed by atoms with Gasteiger partial charge in [-0.05, 0) is 48.1 Å². The molecular weight excluding hydrogens is 410 g/mol. The molecule has 6 nitrogen and oxygen atoms in total. The molecule has 7 heteroatoms. The van der Waals surface area contributed by atoms with E-state index >= 15 is 0 Å². The zero-order valence-corrected chi connectivity index (χ0v) is 17.7. The summed E-state index contributed by atoms with van der Waals surface area (Å²) in [4.78, 5) is 38.5. The van der Waals surface area contributed by atoms with Crippen LogP contribution in [-0.4, -0.2) is 29.8 Å². The Hall–Kier alpha value is -3.45. The standard InChI is InChI=1S/C24H23N3O3S/c28-22(25-18-11-12-18)17-8-4-9-19(15-17)26-23(29)20(14-16-6-2-1-3-7-16)27-24(30)21-10-5-13-31-21/h1-10,13,15,18,20H,11-12,14H2,(H,25,28)(H,26,29)(H,27,30). The third kappa shape index (κ3) is 5.79. The Labute approximate surface area is 184 Å². The number of amides is 3. The second-order valence-corrected chi connectivity index (χ2v) is 8.46. The zero-order chi connectivity index (χ0) is 21.6. The fraction of sp³-hybridized carbons (Fsp3) is 0.208. The molecule has 31 heavy (non-hydrogen) atoms. The predicted octanol–water partition coefficient (Wildman–Crippen LogP) is 3.62. The van der Waals surface area contributed by atoms with Gasteiger partial charge in [0, 0.05) is 23.7 Å². The molecule has 3 amide bonds. The highest BCUT2D eigenvalue weighted by Crippen LogP contribution is 2.20. The highest BCUT2D eigenvalue weighted by Gasteiger charge is 2.25. The van der Waals surface area contributed by atoms with Gasteiger partial charge in [0.1, 0.15) is 6.04 Å². The van der Waals surface area contributed by atoms with Gasteiger partial charge in [-0.15, -0.1) is 11.3 Å². The molecule has 158 valence electrons. The van der Waals surface area contributed by atoms with Crippen LogP contribution >= 0.6 is 11.3 Å². The first-order chi connectivity index (χ1) is 15.1. The molecular formula is C24H23N3O3S. The molecule has 4 rings (SSSR count). The summed E-state index contributed by atoms with van der Waals surface area (Å²) in [5, 5.41) is 10.4. The van der Waals surface area contributed by atoms with Gasteiger partial charge in [-0.3, -0.25) is 14.4 Å². The lowest BCUT2D eigenvalue weighted by Gasteiger charge is -2.19. The lowest BCUT2D eigenvalue weighted by molar-refractivity contribution is -0.118. The van der Waals surface area contributed by atoms with E-state index in [-0.39, 0.29) is 23.8 Å². The van der Waals surface area contributed by atoms with Gasteiger partial charge in [-0.1, -0.05) is 42.5 Å². The molecule has 0 saturated heterocycles. The summed E-state index contributed by atoms with van der Waals surface area (Å²) < 4.78 is 0. The first-order valence-electron chi connectivity index (χ1n) is 10.2. The Balaban J connectivity index is 1.48. The number of anilines is 1. The summed E-state index contributed by atoms with van der Waals surface area (Å²) in [7, 11) is 0. The quantitative estimate of drug-likeness (QED) is 0.507. The van der Waals surface area contributed by atoms with Gasteiger partial charge in [0.05, 0.1) is 4.88 Å². The molecule has 1 unspecified atom stereocenters. The van der Waals surface area contributed by atoms with Crippen molar-refractivity contribution in [3.05, 3.63) is 88.1 Å². The summed E-state index contributed by atoms with van der Waals surface area (Å²) in [5.74, 6) is -0.775. The molecule has 0 radical (unpaired) electrons. The van der Waals surface area contributed by atoms with Gasteiger partial charge in [-0.25, -0.2) is 0 Å². The highest BCUT2D eigenvalue weighted by atomic mass is 32.1. The first kappa shape index (κ1) is 20.8. The van der Waals surface area contributed by atoms with Gasteiger partial charge in [0.2, 0.25) is 5.91 Å². The molecule has 1 aliphatic carbocycles. The minimum absolute atomic E-state index is 0.148. The average molecular weight is 434 g/mol. The Morgan fingerprint density at radius 3 is 2.45 bits per heavy atom. The molecule has 2 aromatic carbocycles. The molecule has 1 fully saturated rings. The molecule has 1 aliphatic rings. The van der Waals surface area contributed by atoms with Crippen LogP contribution in [0.25, 0.3) is 0 Å². The second-order valence-electron chi connectivity index (χ2n) is 7.51. The van der Waals surface area contributed by atoms with Crippen LogP contribution in [0, 0.1) is 0 Å². The molecule has 1 saturated carbocycles. The minimum Gasteiger partial charge on any atom is -0.349 e. The molecule has 1 atom stereocenters. The third-order valence-electron chi connectivity index (χ3n) is 4.95. The lowest BCUT2D eigenvalue weighted by atomic mass is 10.0. The van der Waals surface area contributed by atoms with E-state index in [1.807, 2.05) is 35.7 Å². The SMILES string of the molecule is O=C(NC1CC1)c1cccc(NC(=O)C(Cc2ccccc2)NC(=O)c2cccs2)c1. The fourth-order valence-corrected chi connectivity index (χ4v) is 3.79. The van der Waals surface area contributed by atoms with Gasteiger partial charge < -0.3 is 16.0 Å². The van der Waals surface area contributed by atoms with Gasteiger partial charge in [0.15, 0.2) is 0 Å². The van der Waals surface area contributed by atoms with Crippen molar-refractivity contribution >= 4 is 34.7 Å². The third-order valence-corrected chi connectivity index (χ3v) is 5.82. The number of hydrogen-bond donors (Lipinski definition) is 3. The minimum atomic E-state index is -0.763. The van der Waals surface area contributed by atoms with E-state index in [0.29, 0.717) is 22.5 Å². The summed E-state index contributed by atoms with van der Waals surface area (Å²) >= 11 is 1.32. The molecule has 3 aromatic rings. The van der Waals surface area contributed by atoms with Gasteiger partial charge >= 0.3 is 0 Å². The molecule has 0 bridgehead atoms. The predicted molar refractivity (Wildman–Crippen MR) is 121 cm³/mol. The van der Waals surface area contributed by atoms with E-state index < -0.39 is 6.04 Å². The Morgan fingerprint density at radius 2 is 1.74 bits per heavy atom. The van der Waals surface area contributed by atoms with Crippen molar-refractivity contribution in [1.29, 1.82) is 0 Å². The van der Waals surface area contributed by atoms with Crippen LogP contribution in [0.2, 0.25) is 0 Å². The Kier molecular flexibility index (Phi) is 6.43. The smallest absolute Gasteiger partial charge is 0.262 e.